The van der Waals surface area contributed by atoms with Crippen molar-refractivity contribution in [2.24, 2.45) is 10.6 Å². The molecule has 158 valence electrons. The fourth-order valence-electron chi connectivity index (χ4n) is 1.80. The van der Waals surface area contributed by atoms with E-state index < -0.39 is 25.2 Å². The van der Waals surface area contributed by atoms with E-state index in [9.17, 15) is 24.2 Å². The Bertz CT molecular complexity index is 567. The molecule has 0 aromatic carbocycles. The molecule has 1 unspecified atom stereocenters. The standard InChI is InChI=1S/C15H30N3O8P/c1-11(18-24-4)6-8-16-12(19)7-9-17-14(21)13(20)15(2,3)10-26-27(22,23)25-5/h13,20H,6-10H2,1-5H3,(H,16,19)(H,17,21)(H,22,23)/b18-11+/t13-/m0/s1. The van der Waals surface area contributed by atoms with Crippen LogP contribution in [0.4, 0.5) is 0 Å². The molecule has 0 fully saturated rings. The van der Waals surface area contributed by atoms with E-state index in [0.717, 1.165) is 12.8 Å². The maximum absolute atomic E-state index is 12.0. The van der Waals surface area contributed by atoms with Crippen LogP contribution in [0.2, 0.25) is 0 Å². The van der Waals surface area contributed by atoms with Crippen LogP contribution in [-0.2, 0) is 28.0 Å². The minimum Gasteiger partial charge on any atom is -0.399 e. The van der Waals surface area contributed by atoms with Gasteiger partial charge in [-0.15, -0.1) is 0 Å². The molecule has 2 amide bonds. The predicted octanol–water partition coefficient (Wildman–Crippen LogP) is 0.172. The van der Waals surface area contributed by atoms with Crippen LogP contribution in [0.25, 0.3) is 0 Å². The molecule has 12 heteroatoms. The van der Waals surface area contributed by atoms with Gasteiger partial charge in [0.15, 0.2) is 0 Å². The van der Waals surface area contributed by atoms with E-state index in [0.29, 0.717) is 13.0 Å². The average molecular weight is 411 g/mol. The van der Waals surface area contributed by atoms with Crippen molar-refractivity contribution in [2.75, 3.05) is 33.9 Å². The van der Waals surface area contributed by atoms with Crippen LogP contribution in [0, 0.1) is 5.41 Å². The molecule has 0 aliphatic rings. The molecule has 2 atom stereocenters. The van der Waals surface area contributed by atoms with Gasteiger partial charge in [0, 0.05) is 38.5 Å². The minimum absolute atomic E-state index is 0.0281. The fourth-order valence-corrected chi connectivity index (χ4v) is 2.40. The summed E-state index contributed by atoms with van der Waals surface area (Å²) in [4.78, 5) is 37.5. The molecule has 0 spiro atoms. The first-order valence-electron chi connectivity index (χ1n) is 8.27. The molecule has 0 rings (SSSR count). The first kappa shape index (κ1) is 25.5. The highest BCUT2D eigenvalue weighted by Gasteiger charge is 2.36. The van der Waals surface area contributed by atoms with Gasteiger partial charge in [0.2, 0.25) is 11.8 Å². The highest BCUT2D eigenvalue weighted by Crippen LogP contribution is 2.43. The lowest BCUT2D eigenvalue weighted by atomic mass is 9.87. The number of aliphatic hydroxyl groups is 1. The number of phosphoric acid groups is 1. The van der Waals surface area contributed by atoms with Crippen molar-refractivity contribution in [3.05, 3.63) is 0 Å². The number of hydrogen-bond donors (Lipinski definition) is 4. The molecule has 0 saturated heterocycles. The third-order valence-corrected chi connectivity index (χ3v) is 4.44. The normalized spacial score (nSPS) is 15.6. The number of aliphatic hydroxyl groups excluding tert-OH is 1. The lowest BCUT2D eigenvalue weighted by molar-refractivity contribution is -0.137. The Morgan fingerprint density at radius 1 is 1.19 bits per heavy atom. The molecule has 11 nitrogen and oxygen atoms in total. The summed E-state index contributed by atoms with van der Waals surface area (Å²) in [7, 11) is -1.76. The topological polar surface area (TPSA) is 156 Å². The summed E-state index contributed by atoms with van der Waals surface area (Å²) in [6, 6.07) is 0. The number of carbonyl (C=O) groups is 2. The first-order chi connectivity index (χ1) is 12.4. The number of oxime groups is 1. The van der Waals surface area contributed by atoms with Gasteiger partial charge in [-0.2, -0.15) is 0 Å². The largest absolute Gasteiger partial charge is 0.471 e. The third-order valence-electron chi connectivity index (χ3n) is 3.53. The summed E-state index contributed by atoms with van der Waals surface area (Å²) < 4.78 is 20.3. The van der Waals surface area contributed by atoms with Crippen LogP contribution in [0.3, 0.4) is 0 Å². The number of amides is 2. The van der Waals surface area contributed by atoms with Crippen molar-refractivity contribution in [1.82, 2.24) is 10.6 Å². The van der Waals surface area contributed by atoms with Gasteiger partial charge in [-0.1, -0.05) is 19.0 Å². The van der Waals surface area contributed by atoms with Crippen LogP contribution in [0.15, 0.2) is 5.16 Å². The number of carbonyl (C=O) groups excluding carboxylic acids is 2. The highest BCUT2D eigenvalue weighted by molar-refractivity contribution is 7.47. The van der Waals surface area contributed by atoms with Gasteiger partial charge in [-0.05, 0) is 6.92 Å². The number of nitrogens with one attached hydrogen (secondary N) is 2. The average Bonchev–Trinajstić information content (AvgIpc) is 2.59. The smallest absolute Gasteiger partial charge is 0.399 e. The molecule has 0 aliphatic carbocycles. The van der Waals surface area contributed by atoms with Crippen molar-refractivity contribution >= 4 is 25.3 Å². The van der Waals surface area contributed by atoms with Gasteiger partial charge in [0.05, 0.1) is 12.3 Å². The summed E-state index contributed by atoms with van der Waals surface area (Å²) in [5.41, 5.74) is -0.416. The second-order valence-corrected chi connectivity index (χ2v) is 8.03. The molecular weight excluding hydrogens is 381 g/mol. The zero-order valence-electron chi connectivity index (χ0n) is 16.4. The molecule has 0 heterocycles. The van der Waals surface area contributed by atoms with Crippen LogP contribution in [0.1, 0.15) is 33.6 Å². The molecule has 4 N–H and O–H groups in total. The second kappa shape index (κ2) is 12.0. The number of phosphoric ester groups is 1. The van der Waals surface area contributed by atoms with Crippen LogP contribution in [-0.4, -0.2) is 67.5 Å². The minimum atomic E-state index is -4.21. The van der Waals surface area contributed by atoms with E-state index in [2.05, 4.69) is 25.2 Å². The van der Waals surface area contributed by atoms with Gasteiger partial charge in [-0.3, -0.25) is 18.6 Å². The molecule has 0 aromatic heterocycles. The molecule has 0 bridgehead atoms. The Kier molecular flexibility index (Phi) is 11.4. The third kappa shape index (κ3) is 11.0. The maximum Gasteiger partial charge on any atom is 0.471 e. The first-order valence-corrected chi connectivity index (χ1v) is 9.77. The summed E-state index contributed by atoms with van der Waals surface area (Å²) in [6.07, 6.45) is -0.939. The van der Waals surface area contributed by atoms with E-state index in [4.69, 9.17) is 4.52 Å². The van der Waals surface area contributed by atoms with E-state index >= 15 is 0 Å². The Hall–Kier alpha value is -1.52. The van der Waals surface area contributed by atoms with Gasteiger partial charge in [0.1, 0.15) is 13.2 Å². The lowest BCUT2D eigenvalue weighted by Gasteiger charge is -2.29. The quantitative estimate of drug-likeness (QED) is 0.190. The van der Waals surface area contributed by atoms with E-state index in [1.807, 2.05) is 0 Å². The SMILES string of the molecule is CO/N=C(\C)CCNC(=O)CCNC(=O)[C@H](O)C(C)(C)COP(=O)(O)OC. The van der Waals surface area contributed by atoms with Gasteiger partial charge >= 0.3 is 7.82 Å². The zero-order chi connectivity index (χ0) is 21.1. The molecule has 0 saturated carbocycles. The van der Waals surface area contributed by atoms with E-state index in [1.165, 1.54) is 21.0 Å². The Morgan fingerprint density at radius 3 is 2.33 bits per heavy atom. The summed E-state index contributed by atoms with van der Waals surface area (Å²) in [5, 5.41) is 18.9. The van der Waals surface area contributed by atoms with Crippen molar-refractivity contribution < 1.29 is 38.0 Å². The number of rotatable bonds is 13. The van der Waals surface area contributed by atoms with Crippen LogP contribution < -0.4 is 10.6 Å². The molecular formula is C15H30N3O8P. The van der Waals surface area contributed by atoms with E-state index in [-0.39, 0.29) is 25.5 Å². The maximum atomic E-state index is 12.0. The zero-order valence-corrected chi connectivity index (χ0v) is 17.2. The van der Waals surface area contributed by atoms with Crippen molar-refractivity contribution in [3.8, 4) is 0 Å². The van der Waals surface area contributed by atoms with Gasteiger partial charge in [0.25, 0.3) is 0 Å². The summed E-state index contributed by atoms with van der Waals surface area (Å²) in [6.45, 7) is 4.78. The molecule has 0 aromatic rings. The predicted molar refractivity (Wildman–Crippen MR) is 97.9 cm³/mol. The van der Waals surface area contributed by atoms with Crippen molar-refractivity contribution in [2.45, 2.75) is 39.7 Å². The van der Waals surface area contributed by atoms with Crippen LogP contribution >= 0.6 is 7.82 Å². The van der Waals surface area contributed by atoms with Crippen LogP contribution in [0.5, 0.6) is 0 Å². The Balaban J connectivity index is 4.23. The van der Waals surface area contributed by atoms with Crippen molar-refractivity contribution in [3.63, 3.8) is 0 Å². The summed E-state index contributed by atoms with van der Waals surface area (Å²) >= 11 is 0. The number of nitrogens with zero attached hydrogens (tertiary/aromatic N) is 1. The molecule has 0 radical (unpaired) electrons. The Labute approximate surface area is 159 Å². The molecule has 0 aliphatic heterocycles. The second-order valence-electron chi connectivity index (χ2n) is 6.47. The summed E-state index contributed by atoms with van der Waals surface area (Å²) in [5.74, 6) is -0.983. The lowest BCUT2D eigenvalue weighted by Crippen LogP contribution is -2.46. The van der Waals surface area contributed by atoms with Gasteiger partial charge in [-0.25, -0.2) is 4.57 Å². The van der Waals surface area contributed by atoms with E-state index in [1.54, 1.807) is 6.92 Å². The highest BCUT2D eigenvalue weighted by atomic mass is 31.2. The monoisotopic (exact) mass is 411 g/mol. The Morgan fingerprint density at radius 2 is 1.78 bits per heavy atom. The van der Waals surface area contributed by atoms with Crippen molar-refractivity contribution in [1.29, 1.82) is 0 Å². The fraction of sp³-hybridized carbons (Fsp3) is 0.800. The van der Waals surface area contributed by atoms with Gasteiger partial charge < -0.3 is 25.5 Å². The number of hydrogen-bond acceptors (Lipinski definition) is 8. The molecule has 27 heavy (non-hydrogen) atoms.